The van der Waals surface area contributed by atoms with Gasteiger partial charge in [-0.05, 0) is 47.9 Å². The second-order valence-electron chi connectivity index (χ2n) is 11.2. The van der Waals surface area contributed by atoms with E-state index in [-0.39, 0.29) is 23.9 Å². The molecule has 0 bridgehead atoms. The Bertz CT molecular complexity index is 1310. The molecule has 1 fully saturated rings. The number of phenolic OH excluding ortho intramolecular Hbond substituents is 1. The third-order valence-electron chi connectivity index (χ3n) is 7.21. The molecule has 38 heavy (non-hydrogen) atoms. The van der Waals surface area contributed by atoms with E-state index in [9.17, 15) is 19.1 Å². The van der Waals surface area contributed by atoms with Gasteiger partial charge in [-0.1, -0.05) is 58.2 Å². The molecule has 0 spiro atoms. The highest BCUT2D eigenvalue weighted by atomic mass is 19.1. The van der Waals surface area contributed by atoms with Crippen molar-refractivity contribution in [1.29, 1.82) is 0 Å². The van der Waals surface area contributed by atoms with E-state index in [0.717, 1.165) is 31.2 Å². The first-order valence-electron chi connectivity index (χ1n) is 13.2. The first kappa shape index (κ1) is 27.4. The molecule has 3 aromatic rings. The van der Waals surface area contributed by atoms with E-state index in [0.29, 0.717) is 29.1 Å². The number of rotatable bonds is 8. The van der Waals surface area contributed by atoms with E-state index < -0.39 is 23.2 Å². The average Bonchev–Trinajstić information content (AvgIpc) is 3.26. The van der Waals surface area contributed by atoms with Crippen molar-refractivity contribution >= 4 is 22.7 Å². The van der Waals surface area contributed by atoms with Crippen molar-refractivity contribution in [3.63, 3.8) is 0 Å². The van der Waals surface area contributed by atoms with Gasteiger partial charge in [-0.2, -0.15) is 5.10 Å². The molecule has 9 heteroatoms. The number of aromatic hydroxyl groups is 1. The Balaban J connectivity index is 1.54. The Hall–Kier alpha value is -3.62. The average molecular weight is 525 g/mol. The summed E-state index contributed by atoms with van der Waals surface area (Å²) in [4.78, 5) is 26.7. The molecule has 1 atom stereocenters. The van der Waals surface area contributed by atoms with Crippen LogP contribution in [0.1, 0.15) is 68.9 Å². The maximum absolute atomic E-state index is 14.9. The molecule has 0 unspecified atom stereocenters. The number of nitrogens with one attached hydrogen (secondary N) is 2. The van der Waals surface area contributed by atoms with E-state index in [1.165, 1.54) is 25.7 Å². The van der Waals surface area contributed by atoms with E-state index in [4.69, 9.17) is 4.74 Å². The third kappa shape index (κ3) is 6.09. The minimum Gasteiger partial charge on any atom is -0.504 e. The first-order valence-corrected chi connectivity index (χ1v) is 13.2. The Labute approximate surface area is 222 Å². The highest BCUT2D eigenvalue weighted by Gasteiger charge is 2.34. The van der Waals surface area contributed by atoms with Gasteiger partial charge in [0.05, 0.1) is 7.11 Å². The van der Waals surface area contributed by atoms with Crippen molar-refractivity contribution in [2.24, 2.45) is 11.3 Å². The molecule has 204 valence electrons. The summed E-state index contributed by atoms with van der Waals surface area (Å²) in [6, 6.07) is 8.59. The van der Waals surface area contributed by atoms with Gasteiger partial charge < -0.3 is 20.5 Å². The van der Waals surface area contributed by atoms with E-state index >= 15 is 0 Å². The van der Waals surface area contributed by atoms with Gasteiger partial charge in [-0.15, -0.1) is 0 Å². The van der Waals surface area contributed by atoms with Gasteiger partial charge in [-0.25, -0.2) is 4.39 Å². The molecule has 0 radical (unpaired) electrons. The fourth-order valence-electron chi connectivity index (χ4n) is 5.11. The van der Waals surface area contributed by atoms with Crippen LogP contribution in [0, 0.1) is 17.2 Å². The second kappa shape index (κ2) is 11.4. The molecule has 2 amide bonds. The smallest absolute Gasteiger partial charge is 0.273 e. The predicted octanol–water partition coefficient (Wildman–Crippen LogP) is 4.93. The largest absolute Gasteiger partial charge is 0.504 e. The second-order valence-corrected chi connectivity index (χ2v) is 11.2. The number of hydrogen-bond acceptors (Lipinski definition) is 5. The summed E-state index contributed by atoms with van der Waals surface area (Å²) in [5.74, 6) is -0.595. The maximum Gasteiger partial charge on any atom is 0.273 e. The fraction of sp³-hybridized carbons (Fsp3) is 0.483. The van der Waals surface area contributed by atoms with Crippen LogP contribution in [0.3, 0.4) is 0 Å². The van der Waals surface area contributed by atoms with Gasteiger partial charge in [0, 0.05) is 18.5 Å². The van der Waals surface area contributed by atoms with Gasteiger partial charge in [-0.3, -0.25) is 14.3 Å². The summed E-state index contributed by atoms with van der Waals surface area (Å²) >= 11 is 0. The molecule has 1 aliphatic carbocycles. The SMILES string of the molecule is COc1cc(CNC(=O)[C@@H](NC(=O)c2nn(CC3CCCCC3)c3c(F)cccc23)C(C)(C)C)ccc1O. The highest BCUT2D eigenvalue weighted by Crippen LogP contribution is 2.29. The molecule has 1 saturated carbocycles. The number of carbonyl (C=O) groups is 2. The van der Waals surface area contributed by atoms with Crippen LogP contribution in [0.15, 0.2) is 36.4 Å². The zero-order valence-corrected chi connectivity index (χ0v) is 22.5. The zero-order valence-electron chi connectivity index (χ0n) is 22.5. The van der Waals surface area contributed by atoms with Crippen molar-refractivity contribution in [3.05, 3.63) is 53.5 Å². The first-order chi connectivity index (χ1) is 18.1. The lowest BCUT2D eigenvalue weighted by Crippen LogP contribution is -2.53. The van der Waals surface area contributed by atoms with Crippen LogP contribution in [-0.2, 0) is 17.9 Å². The number of benzene rings is 2. The number of hydrogen-bond donors (Lipinski definition) is 3. The van der Waals surface area contributed by atoms with E-state index in [1.807, 2.05) is 20.8 Å². The van der Waals surface area contributed by atoms with Crippen molar-refractivity contribution in [1.82, 2.24) is 20.4 Å². The highest BCUT2D eigenvalue weighted by molar-refractivity contribution is 6.06. The van der Waals surface area contributed by atoms with Crippen molar-refractivity contribution in [2.75, 3.05) is 7.11 Å². The van der Waals surface area contributed by atoms with Crippen LogP contribution in [-0.4, -0.2) is 39.9 Å². The monoisotopic (exact) mass is 524 g/mol. The molecule has 1 heterocycles. The molecule has 1 aromatic heterocycles. The Morgan fingerprint density at radius 1 is 1.18 bits per heavy atom. The Kier molecular flexibility index (Phi) is 8.23. The summed E-state index contributed by atoms with van der Waals surface area (Å²) in [5.41, 5.74) is 0.551. The summed E-state index contributed by atoms with van der Waals surface area (Å²) in [7, 11) is 1.45. The van der Waals surface area contributed by atoms with Gasteiger partial charge in [0.15, 0.2) is 17.2 Å². The molecule has 0 saturated heterocycles. The van der Waals surface area contributed by atoms with Crippen molar-refractivity contribution in [2.45, 2.75) is 72.0 Å². The topological polar surface area (TPSA) is 105 Å². The van der Waals surface area contributed by atoms with E-state index in [2.05, 4.69) is 15.7 Å². The number of methoxy groups -OCH3 is 1. The molecule has 4 rings (SSSR count). The quantitative estimate of drug-likeness (QED) is 0.388. The lowest BCUT2D eigenvalue weighted by Gasteiger charge is -2.30. The van der Waals surface area contributed by atoms with Crippen molar-refractivity contribution in [3.8, 4) is 11.5 Å². The van der Waals surface area contributed by atoms with Gasteiger partial charge in [0.2, 0.25) is 5.91 Å². The lowest BCUT2D eigenvalue weighted by atomic mass is 9.86. The van der Waals surface area contributed by atoms with Crippen LogP contribution in [0.2, 0.25) is 0 Å². The van der Waals surface area contributed by atoms with Crippen LogP contribution >= 0.6 is 0 Å². The Morgan fingerprint density at radius 2 is 1.92 bits per heavy atom. The summed E-state index contributed by atoms with van der Waals surface area (Å²) in [6.45, 7) is 6.33. The molecule has 1 aliphatic rings. The van der Waals surface area contributed by atoms with Gasteiger partial charge in [0.25, 0.3) is 5.91 Å². The zero-order chi connectivity index (χ0) is 27.4. The van der Waals surface area contributed by atoms with E-state index in [1.54, 1.807) is 28.9 Å². The summed E-state index contributed by atoms with van der Waals surface area (Å²) in [6.07, 6.45) is 5.65. The van der Waals surface area contributed by atoms with Crippen LogP contribution < -0.4 is 15.4 Å². The molecular formula is C29H37FN4O4. The normalized spacial score (nSPS) is 15.3. The third-order valence-corrected chi connectivity index (χ3v) is 7.21. The number of ether oxygens (including phenoxy) is 1. The van der Waals surface area contributed by atoms with Crippen LogP contribution in [0.5, 0.6) is 11.5 Å². The van der Waals surface area contributed by atoms with Gasteiger partial charge >= 0.3 is 0 Å². The number of halogens is 1. The molecule has 3 N–H and O–H groups in total. The Morgan fingerprint density at radius 3 is 2.61 bits per heavy atom. The predicted molar refractivity (Wildman–Crippen MR) is 143 cm³/mol. The number of nitrogens with zero attached hydrogens (tertiary/aromatic N) is 2. The summed E-state index contributed by atoms with van der Waals surface area (Å²) < 4.78 is 21.7. The fourth-order valence-corrected chi connectivity index (χ4v) is 5.11. The summed E-state index contributed by atoms with van der Waals surface area (Å²) in [5, 5.41) is 20.5. The molecule has 2 aromatic carbocycles. The minimum atomic E-state index is -0.874. The molecule has 0 aliphatic heterocycles. The van der Waals surface area contributed by atoms with Gasteiger partial charge in [0.1, 0.15) is 17.4 Å². The number of carbonyl (C=O) groups excluding carboxylic acids is 2. The molecular weight excluding hydrogens is 487 g/mol. The van der Waals surface area contributed by atoms with Crippen molar-refractivity contribution < 1.29 is 23.8 Å². The van der Waals surface area contributed by atoms with Crippen LogP contribution in [0.25, 0.3) is 10.9 Å². The van der Waals surface area contributed by atoms with Crippen LogP contribution in [0.4, 0.5) is 4.39 Å². The number of fused-ring (bicyclic) bond motifs is 1. The minimum absolute atomic E-state index is 0.00833. The number of amides is 2. The maximum atomic E-state index is 14.9. The standard InChI is InChI=1S/C29H37FN4O4/c1-29(2,3)26(28(37)31-16-19-13-14-22(35)23(15-19)38-4)32-27(36)24-20-11-8-12-21(30)25(20)34(33-24)17-18-9-6-5-7-10-18/h8,11-15,18,26,35H,5-7,9-10,16-17H2,1-4H3,(H,31,37)(H,32,36)/t26-/m1/s1. The number of para-hydroxylation sites is 1. The number of aromatic nitrogens is 2. The molecule has 8 nitrogen and oxygen atoms in total. The lowest BCUT2D eigenvalue weighted by molar-refractivity contribution is -0.125. The number of phenols is 1.